The van der Waals surface area contributed by atoms with Crippen LogP contribution in [0.3, 0.4) is 0 Å². The monoisotopic (exact) mass is 500 g/mol. The van der Waals surface area contributed by atoms with Crippen molar-refractivity contribution in [1.82, 2.24) is 25.8 Å². The molecule has 0 aliphatic heterocycles. The Bertz CT molecular complexity index is 943. The van der Waals surface area contributed by atoms with E-state index in [-0.39, 0.29) is 35.2 Å². The zero-order valence-electron chi connectivity index (χ0n) is 16.5. The lowest BCUT2D eigenvalue weighted by Crippen LogP contribution is -2.38. The van der Waals surface area contributed by atoms with Crippen molar-refractivity contribution in [3.63, 3.8) is 0 Å². The molecular formula is C19H26FIN6O. The topological polar surface area (TPSA) is 91.1 Å². The molecule has 0 unspecified atom stereocenters. The van der Waals surface area contributed by atoms with Crippen molar-refractivity contribution in [2.75, 3.05) is 13.6 Å². The summed E-state index contributed by atoms with van der Waals surface area (Å²) in [6.45, 7) is 7.14. The highest BCUT2D eigenvalue weighted by molar-refractivity contribution is 14.0. The van der Waals surface area contributed by atoms with Gasteiger partial charge in [0, 0.05) is 36.1 Å². The third kappa shape index (κ3) is 5.43. The summed E-state index contributed by atoms with van der Waals surface area (Å²) in [6.07, 6.45) is 2.65. The summed E-state index contributed by atoms with van der Waals surface area (Å²) in [5, 5.41) is 11.3. The van der Waals surface area contributed by atoms with Crippen molar-refractivity contribution in [2.24, 2.45) is 4.99 Å². The van der Waals surface area contributed by atoms with Crippen molar-refractivity contribution >= 4 is 40.8 Å². The largest absolute Gasteiger partial charge is 0.361 e. The van der Waals surface area contributed by atoms with Gasteiger partial charge in [-0.3, -0.25) is 4.99 Å². The predicted molar refractivity (Wildman–Crippen MR) is 119 cm³/mol. The number of aliphatic imine (C=N–C) groups is 1. The quantitative estimate of drug-likeness (QED) is 0.284. The van der Waals surface area contributed by atoms with Gasteiger partial charge >= 0.3 is 0 Å². The van der Waals surface area contributed by atoms with Gasteiger partial charge in [-0.1, -0.05) is 25.9 Å². The molecular weight excluding hydrogens is 474 g/mol. The van der Waals surface area contributed by atoms with E-state index in [1.165, 1.54) is 6.07 Å². The molecule has 3 aromatic rings. The van der Waals surface area contributed by atoms with Crippen LogP contribution in [0.15, 0.2) is 33.9 Å². The Kier molecular flexibility index (Phi) is 7.39. The number of aromatic nitrogens is 3. The Balaban J connectivity index is 0.00000280. The van der Waals surface area contributed by atoms with Crippen LogP contribution in [0.5, 0.6) is 0 Å². The molecule has 3 N–H and O–H groups in total. The van der Waals surface area contributed by atoms with E-state index in [0.717, 1.165) is 22.9 Å². The summed E-state index contributed by atoms with van der Waals surface area (Å²) in [4.78, 5) is 11.7. The molecule has 0 fully saturated rings. The van der Waals surface area contributed by atoms with Crippen LogP contribution in [-0.4, -0.2) is 34.7 Å². The van der Waals surface area contributed by atoms with E-state index in [2.05, 4.69) is 30.8 Å². The Hall–Kier alpha value is -2.17. The maximum atomic E-state index is 13.5. The molecule has 9 heteroatoms. The van der Waals surface area contributed by atoms with E-state index in [1.807, 2.05) is 27.0 Å². The van der Waals surface area contributed by atoms with Gasteiger partial charge in [0.1, 0.15) is 5.82 Å². The number of guanidine groups is 1. The molecule has 0 radical (unpaired) electrons. The Morgan fingerprint density at radius 1 is 1.29 bits per heavy atom. The van der Waals surface area contributed by atoms with Gasteiger partial charge in [0.05, 0.1) is 6.54 Å². The molecule has 0 saturated carbocycles. The zero-order chi connectivity index (χ0) is 19.4. The van der Waals surface area contributed by atoms with Crippen LogP contribution in [0, 0.1) is 5.82 Å². The average molecular weight is 500 g/mol. The Labute approximate surface area is 180 Å². The first-order chi connectivity index (χ1) is 12.9. The maximum absolute atomic E-state index is 13.5. The van der Waals surface area contributed by atoms with Gasteiger partial charge in [0.2, 0.25) is 5.89 Å². The van der Waals surface area contributed by atoms with Gasteiger partial charge in [-0.05, 0) is 30.2 Å². The van der Waals surface area contributed by atoms with Gasteiger partial charge in [0.25, 0.3) is 0 Å². The lowest BCUT2D eigenvalue weighted by Gasteiger charge is -2.11. The molecule has 3 rings (SSSR count). The minimum atomic E-state index is -0.233. The molecule has 0 atom stereocenters. The van der Waals surface area contributed by atoms with Gasteiger partial charge in [-0.25, -0.2) is 4.39 Å². The van der Waals surface area contributed by atoms with Crippen LogP contribution < -0.4 is 10.6 Å². The normalized spacial score (nSPS) is 12.1. The molecule has 2 heterocycles. The van der Waals surface area contributed by atoms with Crippen molar-refractivity contribution < 1.29 is 8.91 Å². The standard InChI is InChI=1S/C19H25FN6O.HI/c1-19(2,3)17-25-16(26-27-17)11-24-18(21-4)22-8-7-12-10-23-15-6-5-13(20)9-14(12)15;/h5-6,9-10,23H,7-8,11H2,1-4H3,(H2,21,22,24);1H. The number of fused-ring (bicyclic) bond motifs is 1. The minimum absolute atomic E-state index is 0. The third-order valence-corrected chi connectivity index (χ3v) is 4.16. The van der Waals surface area contributed by atoms with Gasteiger partial charge < -0.3 is 20.1 Å². The van der Waals surface area contributed by atoms with E-state index in [1.54, 1.807) is 19.2 Å². The number of H-pyrrole nitrogens is 1. The van der Waals surface area contributed by atoms with E-state index < -0.39 is 0 Å². The number of rotatable bonds is 5. The molecule has 152 valence electrons. The second-order valence-electron chi connectivity index (χ2n) is 7.37. The lowest BCUT2D eigenvalue weighted by molar-refractivity contribution is 0.318. The van der Waals surface area contributed by atoms with Crippen LogP contribution in [0.4, 0.5) is 4.39 Å². The first-order valence-corrected chi connectivity index (χ1v) is 8.90. The number of hydrogen-bond donors (Lipinski definition) is 3. The first kappa shape index (κ1) is 22.1. The first-order valence-electron chi connectivity index (χ1n) is 8.90. The highest BCUT2D eigenvalue weighted by Crippen LogP contribution is 2.20. The number of halogens is 2. The predicted octanol–water partition coefficient (Wildman–Crippen LogP) is 3.51. The average Bonchev–Trinajstić information content (AvgIpc) is 3.25. The molecule has 0 aliphatic rings. The van der Waals surface area contributed by atoms with E-state index in [0.29, 0.717) is 30.8 Å². The second-order valence-corrected chi connectivity index (χ2v) is 7.37. The van der Waals surface area contributed by atoms with Gasteiger partial charge in [0.15, 0.2) is 11.8 Å². The molecule has 1 aromatic carbocycles. The molecule has 0 saturated heterocycles. The fraction of sp³-hybridized carbons (Fsp3) is 0.421. The number of nitrogens with one attached hydrogen (secondary N) is 3. The summed E-state index contributed by atoms with van der Waals surface area (Å²) < 4.78 is 18.7. The minimum Gasteiger partial charge on any atom is -0.361 e. The summed E-state index contributed by atoms with van der Waals surface area (Å²) in [5.74, 6) is 1.59. The van der Waals surface area contributed by atoms with Crippen molar-refractivity contribution in [2.45, 2.75) is 39.2 Å². The van der Waals surface area contributed by atoms with Crippen LogP contribution in [0.25, 0.3) is 10.9 Å². The number of nitrogens with zero attached hydrogens (tertiary/aromatic N) is 3. The molecule has 0 bridgehead atoms. The molecule has 2 aromatic heterocycles. The smallest absolute Gasteiger partial charge is 0.232 e. The van der Waals surface area contributed by atoms with Crippen molar-refractivity contribution in [1.29, 1.82) is 0 Å². The molecule has 28 heavy (non-hydrogen) atoms. The molecule has 0 spiro atoms. The van der Waals surface area contributed by atoms with Crippen LogP contribution in [-0.2, 0) is 18.4 Å². The van der Waals surface area contributed by atoms with Crippen molar-refractivity contribution in [3.05, 3.63) is 47.5 Å². The molecule has 7 nitrogen and oxygen atoms in total. The Morgan fingerprint density at radius 2 is 2.07 bits per heavy atom. The molecule has 0 aliphatic carbocycles. The summed E-state index contributed by atoms with van der Waals surface area (Å²) in [7, 11) is 1.70. The van der Waals surface area contributed by atoms with E-state index in [4.69, 9.17) is 4.52 Å². The van der Waals surface area contributed by atoms with Gasteiger partial charge in [-0.2, -0.15) is 4.98 Å². The Morgan fingerprint density at radius 3 is 2.75 bits per heavy atom. The fourth-order valence-electron chi connectivity index (χ4n) is 2.69. The van der Waals surface area contributed by atoms with Crippen molar-refractivity contribution in [3.8, 4) is 0 Å². The highest BCUT2D eigenvalue weighted by atomic mass is 127. The molecule has 0 amide bonds. The highest BCUT2D eigenvalue weighted by Gasteiger charge is 2.21. The summed E-state index contributed by atoms with van der Waals surface area (Å²) >= 11 is 0. The van der Waals surface area contributed by atoms with E-state index in [9.17, 15) is 4.39 Å². The third-order valence-electron chi connectivity index (χ3n) is 4.16. The maximum Gasteiger partial charge on any atom is 0.232 e. The van der Waals surface area contributed by atoms with Crippen LogP contribution in [0.1, 0.15) is 38.0 Å². The lowest BCUT2D eigenvalue weighted by atomic mass is 9.97. The second kappa shape index (κ2) is 9.35. The van der Waals surface area contributed by atoms with E-state index >= 15 is 0 Å². The van der Waals surface area contributed by atoms with Crippen LogP contribution in [0.2, 0.25) is 0 Å². The fourth-order valence-corrected chi connectivity index (χ4v) is 2.69. The summed E-state index contributed by atoms with van der Waals surface area (Å²) in [5.41, 5.74) is 1.81. The number of hydrogen-bond acceptors (Lipinski definition) is 4. The number of aromatic amines is 1. The summed E-state index contributed by atoms with van der Waals surface area (Å²) in [6, 6.07) is 4.76. The SMILES string of the molecule is CN=C(NCCc1c[nH]c2ccc(F)cc12)NCc1noc(C(C)(C)C)n1.I. The number of benzene rings is 1. The zero-order valence-corrected chi connectivity index (χ0v) is 18.8. The van der Waals surface area contributed by atoms with Gasteiger partial charge in [-0.15, -0.1) is 24.0 Å². The van der Waals surface area contributed by atoms with Crippen LogP contribution >= 0.6 is 24.0 Å².